The number of aromatic nitrogens is 2. The summed E-state index contributed by atoms with van der Waals surface area (Å²) in [5.41, 5.74) is 4.01. The molecule has 0 atom stereocenters. The Bertz CT molecular complexity index is 701. The van der Waals surface area contributed by atoms with Gasteiger partial charge in [-0.05, 0) is 23.6 Å². The van der Waals surface area contributed by atoms with Crippen molar-refractivity contribution < 1.29 is 9.90 Å². The summed E-state index contributed by atoms with van der Waals surface area (Å²) in [7, 11) is 0. The number of rotatable bonds is 3. The van der Waals surface area contributed by atoms with Gasteiger partial charge in [0.15, 0.2) is 0 Å². The molecule has 2 heterocycles. The van der Waals surface area contributed by atoms with E-state index >= 15 is 0 Å². The number of carboxylic acids is 1. The normalized spacial score (nSPS) is 10.9. The zero-order valence-electron chi connectivity index (χ0n) is 9.41. The van der Waals surface area contributed by atoms with E-state index in [4.69, 9.17) is 5.11 Å². The molecule has 0 aliphatic rings. The molecule has 1 N–H and O–H groups in total. The third kappa shape index (κ3) is 1.89. The zero-order chi connectivity index (χ0) is 12.5. The molecular weight excluding hydrogens is 248 g/mol. The van der Waals surface area contributed by atoms with Gasteiger partial charge < -0.3 is 9.67 Å². The van der Waals surface area contributed by atoms with E-state index in [9.17, 15) is 4.79 Å². The van der Waals surface area contributed by atoms with Crippen LogP contribution < -0.4 is 0 Å². The minimum absolute atomic E-state index is 0.306. The maximum absolute atomic E-state index is 11.0. The van der Waals surface area contributed by atoms with Gasteiger partial charge in [0.2, 0.25) is 0 Å². The number of fused-ring (bicyclic) bond motifs is 1. The standard InChI is InChI=1S/C13H10N2O2S/c16-13(17)10-2-1-9-3-4-15(12(9)5-10)6-11-7-18-8-14-11/h1-5,7-8H,6H2,(H,16,17). The van der Waals surface area contributed by atoms with Crippen molar-refractivity contribution in [2.24, 2.45) is 0 Å². The first-order valence-corrected chi connectivity index (χ1v) is 6.37. The number of nitrogens with zero attached hydrogens (tertiary/aromatic N) is 2. The van der Waals surface area contributed by atoms with Gasteiger partial charge in [0, 0.05) is 17.1 Å². The van der Waals surface area contributed by atoms with Crippen LogP contribution in [0.3, 0.4) is 0 Å². The number of aromatic carboxylic acids is 1. The highest BCUT2D eigenvalue weighted by molar-refractivity contribution is 7.07. The molecule has 3 rings (SSSR count). The molecule has 0 fully saturated rings. The van der Waals surface area contributed by atoms with Crippen molar-refractivity contribution in [2.75, 3.05) is 0 Å². The van der Waals surface area contributed by atoms with Crippen molar-refractivity contribution in [1.29, 1.82) is 0 Å². The van der Waals surface area contributed by atoms with Crippen LogP contribution in [-0.4, -0.2) is 20.6 Å². The molecular formula is C13H10N2O2S. The van der Waals surface area contributed by atoms with E-state index < -0.39 is 5.97 Å². The number of benzene rings is 1. The quantitative estimate of drug-likeness (QED) is 0.786. The summed E-state index contributed by atoms with van der Waals surface area (Å²) < 4.78 is 2.01. The Morgan fingerprint density at radius 3 is 3.00 bits per heavy atom. The Kier molecular flexibility index (Phi) is 2.60. The van der Waals surface area contributed by atoms with Crippen molar-refractivity contribution in [3.8, 4) is 0 Å². The highest BCUT2D eigenvalue weighted by atomic mass is 32.1. The largest absolute Gasteiger partial charge is 0.478 e. The third-order valence-electron chi connectivity index (χ3n) is 2.84. The summed E-state index contributed by atoms with van der Waals surface area (Å²) in [5, 5.41) is 12.0. The minimum atomic E-state index is -0.904. The van der Waals surface area contributed by atoms with E-state index in [0.29, 0.717) is 12.1 Å². The Balaban J connectivity index is 2.06. The molecule has 1 aromatic carbocycles. The van der Waals surface area contributed by atoms with Crippen LogP contribution in [0.4, 0.5) is 0 Å². The molecule has 0 aliphatic carbocycles. The molecule has 0 saturated carbocycles. The maximum atomic E-state index is 11.0. The van der Waals surface area contributed by atoms with Crippen LogP contribution in [0.1, 0.15) is 16.1 Å². The second-order valence-corrected chi connectivity index (χ2v) is 4.72. The van der Waals surface area contributed by atoms with E-state index in [1.165, 1.54) is 0 Å². The van der Waals surface area contributed by atoms with Crippen LogP contribution in [0, 0.1) is 0 Å². The summed E-state index contributed by atoms with van der Waals surface area (Å²) in [4.78, 5) is 15.2. The second kappa shape index (κ2) is 4.27. The Labute approximate surface area is 107 Å². The summed E-state index contributed by atoms with van der Waals surface area (Å²) in [6.07, 6.45) is 1.95. The van der Waals surface area contributed by atoms with Crippen molar-refractivity contribution in [2.45, 2.75) is 6.54 Å². The van der Waals surface area contributed by atoms with Crippen LogP contribution in [0.15, 0.2) is 41.4 Å². The second-order valence-electron chi connectivity index (χ2n) is 4.00. The molecule has 0 aliphatic heterocycles. The minimum Gasteiger partial charge on any atom is -0.478 e. The van der Waals surface area contributed by atoms with Gasteiger partial charge in [-0.25, -0.2) is 9.78 Å². The van der Waals surface area contributed by atoms with E-state index in [0.717, 1.165) is 16.6 Å². The highest BCUT2D eigenvalue weighted by Gasteiger charge is 2.07. The number of hydrogen-bond donors (Lipinski definition) is 1. The van der Waals surface area contributed by atoms with Gasteiger partial charge in [-0.3, -0.25) is 0 Å². The molecule has 3 aromatic rings. The van der Waals surface area contributed by atoms with Crippen molar-refractivity contribution in [3.05, 3.63) is 52.6 Å². The van der Waals surface area contributed by atoms with Crippen LogP contribution in [0.25, 0.3) is 10.9 Å². The molecule has 2 aromatic heterocycles. The summed E-state index contributed by atoms with van der Waals surface area (Å²) in [5.74, 6) is -0.904. The van der Waals surface area contributed by atoms with Gasteiger partial charge in [-0.2, -0.15) is 0 Å². The predicted molar refractivity (Wildman–Crippen MR) is 70.1 cm³/mol. The predicted octanol–water partition coefficient (Wildman–Crippen LogP) is 2.84. The van der Waals surface area contributed by atoms with Gasteiger partial charge in [-0.15, -0.1) is 11.3 Å². The van der Waals surface area contributed by atoms with E-state index in [1.54, 1.807) is 29.0 Å². The molecule has 5 heteroatoms. The first kappa shape index (κ1) is 11.0. The number of hydrogen-bond acceptors (Lipinski definition) is 3. The topological polar surface area (TPSA) is 55.1 Å². The lowest BCUT2D eigenvalue weighted by Crippen LogP contribution is -2.00. The van der Waals surface area contributed by atoms with Gasteiger partial charge >= 0.3 is 5.97 Å². The molecule has 0 saturated heterocycles. The molecule has 0 bridgehead atoms. The molecule has 4 nitrogen and oxygen atoms in total. The third-order valence-corrected chi connectivity index (χ3v) is 3.47. The van der Waals surface area contributed by atoms with Crippen molar-refractivity contribution >= 4 is 28.2 Å². The summed E-state index contributed by atoms with van der Waals surface area (Å²) in [6.45, 7) is 0.663. The Morgan fingerprint density at radius 2 is 2.28 bits per heavy atom. The molecule has 0 spiro atoms. The van der Waals surface area contributed by atoms with Gasteiger partial charge in [-0.1, -0.05) is 6.07 Å². The fourth-order valence-electron chi connectivity index (χ4n) is 1.94. The molecule has 0 amide bonds. The number of carboxylic acid groups (broad SMARTS) is 1. The van der Waals surface area contributed by atoms with E-state index in [2.05, 4.69) is 4.98 Å². The van der Waals surface area contributed by atoms with Crippen molar-refractivity contribution in [3.63, 3.8) is 0 Å². The van der Waals surface area contributed by atoms with Gasteiger partial charge in [0.05, 0.1) is 23.3 Å². The van der Waals surface area contributed by atoms with E-state index in [-0.39, 0.29) is 0 Å². The molecule has 90 valence electrons. The molecule has 0 radical (unpaired) electrons. The lowest BCUT2D eigenvalue weighted by atomic mass is 10.1. The highest BCUT2D eigenvalue weighted by Crippen LogP contribution is 2.19. The van der Waals surface area contributed by atoms with Crippen LogP contribution >= 0.6 is 11.3 Å². The smallest absolute Gasteiger partial charge is 0.335 e. The summed E-state index contributed by atoms with van der Waals surface area (Å²) >= 11 is 1.56. The molecule has 0 unspecified atom stereocenters. The molecule has 18 heavy (non-hydrogen) atoms. The summed E-state index contributed by atoms with van der Waals surface area (Å²) in [6, 6.07) is 7.13. The van der Waals surface area contributed by atoms with E-state index in [1.807, 2.05) is 28.3 Å². The lowest BCUT2D eigenvalue weighted by molar-refractivity contribution is 0.0697. The average Bonchev–Trinajstić information content (AvgIpc) is 2.99. The Hall–Kier alpha value is -2.14. The fraction of sp³-hybridized carbons (Fsp3) is 0.0769. The lowest BCUT2D eigenvalue weighted by Gasteiger charge is -2.03. The first-order chi connectivity index (χ1) is 8.74. The fourth-order valence-corrected chi connectivity index (χ4v) is 2.49. The van der Waals surface area contributed by atoms with Crippen LogP contribution in [0.2, 0.25) is 0 Å². The van der Waals surface area contributed by atoms with Gasteiger partial charge in [0.1, 0.15) is 0 Å². The number of thiazole rings is 1. The number of carbonyl (C=O) groups is 1. The van der Waals surface area contributed by atoms with Crippen LogP contribution in [-0.2, 0) is 6.54 Å². The van der Waals surface area contributed by atoms with Gasteiger partial charge in [0.25, 0.3) is 0 Å². The first-order valence-electron chi connectivity index (χ1n) is 5.43. The maximum Gasteiger partial charge on any atom is 0.335 e. The SMILES string of the molecule is O=C(O)c1ccc2ccn(Cc3cscn3)c2c1. The monoisotopic (exact) mass is 258 g/mol. The van der Waals surface area contributed by atoms with Crippen LogP contribution in [0.5, 0.6) is 0 Å². The average molecular weight is 258 g/mol. The Morgan fingerprint density at radius 1 is 1.39 bits per heavy atom. The van der Waals surface area contributed by atoms with Crippen molar-refractivity contribution in [1.82, 2.24) is 9.55 Å². The zero-order valence-corrected chi connectivity index (χ0v) is 10.2.